The first-order chi connectivity index (χ1) is 9.88. The van der Waals surface area contributed by atoms with Crippen LogP contribution in [0.3, 0.4) is 0 Å². The topological polar surface area (TPSA) is 64.7 Å². The van der Waals surface area contributed by atoms with Gasteiger partial charge in [0.25, 0.3) is 0 Å². The molecule has 0 radical (unpaired) electrons. The molecule has 0 atom stereocenters. The Morgan fingerprint density at radius 1 is 1.00 bits per heavy atom. The summed E-state index contributed by atoms with van der Waals surface area (Å²) >= 11 is 0. The van der Waals surface area contributed by atoms with Gasteiger partial charge in [-0.1, -0.05) is 11.2 Å². The van der Waals surface area contributed by atoms with E-state index in [-0.39, 0.29) is 5.41 Å². The molecule has 3 aromatic rings. The van der Waals surface area contributed by atoms with Gasteiger partial charge in [0.15, 0.2) is 0 Å². The van der Waals surface area contributed by atoms with Crippen molar-refractivity contribution in [3.05, 3.63) is 60.5 Å². The molecular weight excluding hydrogens is 252 g/mol. The van der Waals surface area contributed by atoms with Crippen molar-refractivity contribution < 1.29 is 4.52 Å². The Kier molecular flexibility index (Phi) is 2.39. The van der Waals surface area contributed by atoms with Crippen LogP contribution >= 0.6 is 0 Å². The van der Waals surface area contributed by atoms with Gasteiger partial charge in [0.2, 0.25) is 11.7 Å². The van der Waals surface area contributed by atoms with E-state index in [2.05, 4.69) is 26.2 Å². The fraction of sp³-hybridized carbons (Fsp3) is 0.200. The highest BCUT2D eigenvalue weighted by molar-refractivity contribution is 5.52. The second-order valence-electron chi connectivity index (χ2n) is 4.99. The maximum absolute atomic E-state index is 5.48. The quantitative estimate of drug-likeness (QED) is 0.727. The van der Waals surface area contributed by atoms with Gasteiger partial charge in [-0.3, -0.25) is 9.97 Å². The molecule has 0 aromatic carbocycles. The van der Waals surface area contributed by atoms with E-state index in [1.165, 1.54) is 0 Å². The highest BCUT2D eigenvalue weighted by Gasteiger charge is 2.51. The van der Waals surface area contributed by atoms with Crippen LogP contribution in [0.4, 0.5) is 0 Å². The van der Waals surface area contributed by atoms with Crippen molar-refractivity contribution >= 4 is 0 Å². The van der Waals surface area contributed by atoms with E-state index in [9.17, 15) is 0 Å². The first kappa shape index (κ1) is 11.3. The van der Waals surface area contributed by atoms with Gasteiger partial charge in [0.1, 0.15) is 0 Å². The molecule has 0 saturated heterocycles. The van der Waals surface area contributed by atoms with Gasteiger partial charge < -0.3 is 4.52 Å². The van der Waals surface area contributed by atoms with Gasteiger partial charge in [0, 0.05) is 30.4 Å². The van der Waals surface area contributed by atoms with E-state index in [0.717, 1.165) is 24.0 Å². The number of hydrogen-bond acceptors (Lipinski definition) is 5. The minimum absolute atomic E-state index is 0.137. The largest absolute Gasteiger partial charge is 0.338 e. The van der Waals surface area contributed by atoms with Crippen molar-refractivity contribution in [3.63, 3.8) is 0 Å². The van der Waals surface area contributed by atoms with Crippen LogP contribution in [0, 0.1) is 0 Å². The highest BCUT2D eigenvalue weighted by Crippen LogP contribution is 2.52. The SMILES string of the molecule is c1cncc(-c2noc(C3(c4cccnc4)CC3)n2)c1. The average molecular weight is 264 g/mol. The molecule has 0 bridgehead atoms. The number of pyridine rings is 2. The molecule has 0 unspecified atom stereocenters. The van der Waals surface area contributed by atoms with E-state index in [1.54, 1.807) is 18.6 Å². The molecular formula is C15H12N4O. The van der Waals surface area contributed by atoms with Crippen molar-refractivity contribution in [2.45, 2.75) is 18.3 Å². The van der Waals surface area contributed by atoms with Crippen LogP contribution in [0.1, 0.15) is 24.3 Å². The fourth-order valence-electron chi connectivity index (χ4n) is 2.43. The maximum Gasteiger partial charge on any atom is 0.237 e. The summed E-state index contributed by atoms with van der Waals surface area (Å²) in [4.78, 5) is 12.8. The van der Waals surface area contributed by atoms with E-state index < -0.39 is 0 Å². The number of aromatic nitrogens is 4. The van der Waals surface area contributed by atoms with Gasteiger partial charge >= 0.3 is 0 Å². The Balaban J connectivity index is 1.73. The third-order valence-electron chi connectivity index (χ3n) is 3.72. The van der Waals surface area contributed by atoms with E-state index in [0.29, 0.717) is 11.7 Å². The third kappa shape index (κ3) is 1.71. The molecule has 5 heteroatoms. The predicted octanol–water partition coefficient (Wildman–Crippen LogP) is 2.61. The van der Waals surface area contributed by atoms with Gasteiger partial charge in [0.05, 0.1) is 5.41 Å². The van der Waals surface area contributed by atoms with Gasteiger partial charge in [-0.2, -0.15) is 4.98 Å². The lowest BCUT2D eigenvalue weighted by atomic mass is 9.98. The van der Waals surface area contributed by atoms with E-state index in [4.69, 9.17) is 4.52 Å². The molecule has 5 nitrogen and oxygen atoms in total. The van der Waals surface area contributed by atoms with Gasteiger partial charge in [-0.25, -0.2) is 0 Å². The van der Waals surface area contributed by atoms with Crippen LogP contribution in [0.5, 0.6) is 0 Å². The van der Waals surface area contributed by atoms with Crippen LogP contribution in [0.25, 0.3) is 11.4 Å². The minimum Gasteiger partial charge on any atom is -0.338 e. The summed E-state index contributed by atoms with van der Waals surface area (Å²) in [6.07, 6.45) is 9.15. The molecule has 0 spiro atoms. The minimum atomic E-state index is -0.137. The second kappa shape index (κ2) is 4.23. The molecule has 1 aliphatic carbocycles. The predicted molar refractivity (Wildman–Crippen MR) is 71.8 cm³/mol. The number of rotatable bonds is 3. The van der Waals surface area contributed by atoms with Gasteiger partial charge in [-0.15, -0.1) is 0 Å². The smallest absolute Gasteiger partial charge is 0.237 e. The summed E-state index contributed by atoms with van der Waals surface area (Å²) in [6, 6.07) is 7.78. The second-order valence-corrected chi connectivity index (χ2v) is 4.99. The Labute approximate surface area is 115 Å². The molecule has 4 rings (SSSR count). The molecule has 3 aromatic heterocycles. The normalized spacial score (nSPS) is 16.0. The van der Waals surface area contributed by atoms with Crippen molar-refractivity contribution in [1.29, 1.82) is 0 Å². The van der Waals surface area contributed by atoms with Crippen LogP contribution in [-0.4, -0.2) is 20.1 Å². The lowest BCUT2D eigenvalue weighted by Crippen LogP contribution is -2.09. The lowest BCUT2D eigenvalue weighted by Gasteiger charge is -2.08. The van der Waals surface area contributed by atoms with E-state index in [1.807, 2.05) is 24.4 Å². The van der Waals surface area contributed by atoms with Crippen LogP contribution < -0.4 is 0 Å². The Morgan fingerprint density at radius 2 is 1.80 bits per heavy atom. The summed E-state index contributed by atoms with van der Waals surface area (Å²) in [5.74, 6) is 1.26. The zero-order valence-corrected chi connectivity index (χ0v) is 10.7. The van der Waals surface area contributed by atoms with Crippen LogP contribution in [0.15, 0.2) is 53.6 Å². The molecule has 1 aliphatic rings. The summed E-state index contributed by atoms with van der Waals surface area (Å²) in [7, 11) is 0. The molecule has 3 heterocycles. The molecule has 98 valence electrons. The molecule has 0 N–H and O–H groups in total. The summed E-state index contributed by atoms with van der Waals surface area (Å²) < 4.78 is 5.48. The monoisotopic (exact) mass is 264 g/mol. The van der Waals surface area contributed by atoms with Crippen molar-refractivity contribution in [2.75, 3.05) is 0 Å². The Hall–Kier alpha value is -2.56. The first-order valence-corrected chi connectivity index (χ1v) is 6.54. The zero-order valence-electron chi connectivity index (χ0n) is 10.7. The number of hydrogen-bond donors (Lipinski definition) is 0. The van der Waals surface area contributed by atoms with Crippen molar-refractivity contribution in [2.24, 2.45) is 0 Å². The summed E-state index contributed by atoms with van der Waals surface area (Å²) in [5, 5.41) is 4.07. The molecule has 0 amide bonds. The summed E-state index contributed by atoms with van der Waals surface area (Å²) in [5.41, 5.74) is 1.87. The average Bonchev–Trinajstić information content (AvgIpc) is 3.19. The Morgan fingerprint density at radius 3 is 2.45 bits per heavy atom. The van der Waals surface area contributed by atoms with Crippen LogP contribution in [-0.2, 0) is 5.41 Å². The third-order valence-corrected chi connectivity index (χ3v) is 3.72. The van der Waals surface area contributed by atoms with E-state index >= 15 is 0 Å². The van der Waals surface area contributed by atoms with Crippen molar-refractivity contribution in [3.8, 4) is 11.4 Å². The lowest BCUT2D eigenvalue weighted by molar-refractivity contribution is 0.360. The Bertz CT molecular complexity index is 720. The zero-order chi connectivity index (χ0) is 13.4. The van der Waals surface area contributed by atoms with Crippen LogP contribution in [0.2, 0.25) is 0 Å². The molecule has 0 aliphatic heterocycles. The standard InChI is InChI=1S/C15H12N4O/c1-3-11(9-16-7-1)13-18-14(20-19-13)15(5-6-15)12-4-2-8-17-10-12/h1-4,7-10H,5-6H2. The van der Waals surface area contributed by atoms with Gasteiger partial charge in [-0.05, 0) is 36.6 Å². The molecule has 20 heavy (non-hydrogen) atoms. The molecule has 1 fully saturated rings. The maximum atomic E-state index is 5.48. The molecule has 1 saturated carbocycles. The van der Waals surface area contributed by atoms with Crippen molar-refractivity contribution in [1.82, 2.24) is 20.1 Å². The highest BCUT2D eigenvalue weighted by atomic mass is 16.5. The first-order valence-electron chi connectivity index (χ1n) is 6.54. The number of nitrogens with zero attached hydrogens (tertiary/aromatic N) is 4. The fourth-order valence-corrected chi connectivity index (χ4v) is 2.43. The summed E-state index contributed by atoms with van der Waals surface area (Å²) in [6.45, 7) is 0.